The molecule has 244 valence electrons. The van der Waals surface area contributed by atoms with Crippen molar-refractivity contribution in [2.45, 2.75) is 13.1 Å². The topological polar surface area (TPSA) is 123 Å². The molecule has 5 rings (SSSR count). The maximum Gasteiger partial charge on any atom is 0.416 e. The lowest BCUT2D eigenvalue weighted by Crippen LogP contribution is -2.47. The van der Waals surface area contributed by atoms with Gasteiger partial charge in [0.2, 0.25) is 0 Å². The van der Waals surface area contributed by atoms with Gasteiger partial charge in [-0.1, -0.05) is 12.1 Å². The fraction of sp³-hybridized carbons (Fsp3) is 0.242. The molecule has 3 aromatic carbocycles. The minimum Gasteiger partial charge on any atom is -0.340 e. The zero-order valence-corrected chi connectivity index (χ0v) is 25.9. The van der Waals surface area contributed by atoms with Crippen LogP contribution in [0.15, 0.2) is 79.1 Å². The van der Waals surface area contributed by atoms with E-state index in [1.54, 1.807) is 49.4 Å². The molecule has 11 nitrogen and oxygen atoms in total. The quantitative estimate of drug-likeness (QED) is 0.230. The summed E-state index contributed by atoms with van der Waals surface area (Å²) in [7, 11) is 3.56. The molecular formula is C33H33F3N8O3. The molecule has 1 fully saturated rings. The Morgan fingerprint density at radius 1 is 0.830 bits per heavy atom. The second kappa shape index (κ2) is 13.9. The highest BCUT2D eigenvalue weighted by Gasteiger charge is 2.31. The first-order valence-corrected chi connectivity index (χ1v) is 14.7. The van der Waals surface area contributed by atoms with Gasteiger partial charge in [-0.05, 0) is 74.1 Å². The van der Waals surface area contributed by atoms with Gasteiger partial charge >= 0.3 is 12.2 Å². The third-order valence-electron chi connectivity index (χ3n) is 7.68. The maximum atomic E-state index is 13.2. The van der Waals surface area contributed by atoms with Crippen LogP contribution in [0, 0.1) is 6.92 Å². The Bertz CT molecular complexity index is 1770. The van der Waals surface area contributed by atoms with Crippen molar-refractivity contribution in [2.75, 3.05) is 61.1 Å². The largest absolute Gasteiger partial charge is 0.416 e. The molecule has 1 aliphatic heterocycles. The Kier molecular flexibility index (Phi) is 9.70. The van der Waals surface area contributed by atoms with Crippen LogP contribution in [-0.4, -0.2) is 77.9 Å². The molecule has 2 heterocycles. The molecule has 14 heteroatoms. The van der Waals surface area contributed by atoms with Gasteiger partial charge in [0.1, 0.15) is 18.0 Å². The molecule has 1 aromatic heterocycles. The van der Waals surface area contributed by atoms with Crippen LogP contribution >= 0.6 is 0 Å². The molecule has 0 unspecified atom stereocenters. The minimum atomic E-state index is -4.58. The predicted molar refractivity (Wildman–Crippen MR) is 173 cm³/mol. The van der Waals surface area contributed by atoms with E-state index in [1.807, 2.05) is 11.9 Å². The number of carbonyl (C=O) groups excluding carboxylic acids is 3. The Morgan fingerprint density at radius 2 is 1.53 bits per heavy atom. The van der Waals surface area contributed by atoms with Crippen molar-refractivity contribution in [2.24, 2.45) is 0 Å². The number of anilines is 5. The van der Waals surface area contributed by atoms with E-state index in [0.29, 0.717) is 41.4 Å². The van der Waals surface area contributed by atoms with E-state index in [0.717, 1.165) is 31.3 Å². The average Bonchev–Trinajstić information content (AvgIpc) is 3.06. The molecule has 0 bridgehead atoms. The molecule has 4 amide bonds. The van der Waals surface area contributed by atoms with Gasteiger partial charge < -0.3 is 25.8 Å². The van der Waals surface area contributed by atoms with Crippen LogP contribution in [0.5, 0.6) is 0 Å². The van der Waals surface area contributed by atoms with Crippen LogP contribution in [0.2, 0.25) is 0 Å². The first-order chi connectivity index (χ1) is 22.4. The summed E-state index contributed by atoms with van der Waals surface area (Å²) in [5.41, 5.74) is 1.53. The second-order valence-corrected chi connectivity index (χ2v) is 11.1. The van der Waals surface area contributed by atoms with Gasteiger partial charge in [-0.3, -0.25) is 14.5 Å². The van der Waals surface area contributed by atoms with E-state index in [-0.39, 0.29) is 23.0 Å². The molecule has 0 atom stereocenters. The number of piperazine rings is 1. The van der Waals surface area contributed by atoms with Crippen LogP contribution in [0.3, 0.4) is 0 Å². The number of rotatable bonds is 7. The fourth-order valence-corrected chi connectivity index (χ4v) is 4.81. The van der Waals surface area contributed by atoms with E-state index in [1.165, 1.54) is 30.4 Å². The number of halogens is 3. The highest BCUT2D eigenvalue weighted by molar-refractivity contribution is 6.05. The van der Waals surface area contributed by atoms with Crippen LogP contribution in [0.1, 0.15) is 31.8 Å². The number of hydrogen-bond acceptors (Lipinski definition) is 7. The van der Waals surface area contributed by atoms with Gasteiger partial charge in [-0.15, -0.1) is 0 Å². The minimum absolute atomic E-state index is 0.0134. The Balaban J connectivity index is 1.21. The highest BCUT2D eigenvalue weighted by Crippen LogP contribution is 2.30. The first kappa shape index (κ1) is 32.9. The van der Waals surface area contributed by atoms with Gasteiger partial charge in [-0.2, -0.15) is 13.2 Å². The molecule has 0 radical (unpaired) electrons. The van der Waals surface area contributed by atoms with Crippen molar-refractivity contribution in [3.63, 3.8) is 0 Å². The normalized spacial score (nSPS) is 13.5. The van der Waals surface area contributed by atoms with Gasteiger partial charge in [0.15, 0.2) is 0 Å². The van der Waals surface area contributed by atoms with E-state index >= 15 is 0 Å². The maximum absolute atomic E-state index is 13.2. The molecule has 3 N–H and O–H groups in total. The molecule has 1 aliphatic rings. The Morgan fingerprint density at radius 3 is 2.23 bits per heavy atom. The molecule has 4 aromatic rings. The number of alkyl halides is 3. The number of carbonyl (C=O) groups is 3. The van der Waals surface area contributed by atoms with Crippen LogP contribution in [0.4, 0.5) is 46.7 Å². The van der Waals surface area contributed by atoms with Crippen molar-refractivity contribution in [1.82, 2.24) is 19.8 Å². The third kappa shape index (κ3) is 8.21. The molecular weight excluding hydrogens is 613 g/mol. The molecule has 47 heavy (non-hydrogen) atoms. The molecule has 0 saturated carbocycles. The van der Waals surface area contributed by atoms with Gasteiger partial charge in [0.05, 0.1) is 5.56 Å². The summed E-state index contributed by atoms with van der Waals surface area (Å²) in [5, 5.41) is 8.50. The lowest BCUT2D eigenvalue weighted by molar-refractivity contribution is -0.137. The second-order valence-electron chi connectivity index (χ2n) is 11.1. The monoisotopic (exact) mass is 646 g/mol. The van der Waals surface area contributed by atoms with E-state index in [9.17, 15) is 27.6 Å². The molecule has 1 saturated heterocycles. The number of aryl methyl sites for hydroxylation is 1. The smallest absolute Gasteiger partial charge is 0.340 e. The number of nitrogens with one attached hydrogen (secondary N) is 3. The van der Waals surface area contributed by atoms with E-state index in [2.05, 4.69) is 30.8 Å². The summed E-state index contributed by atoms with van der Waals surface area (Å²) in [5.74, 6) is -0.0380. The zero-order valence-electron chi connectivity index (χ0n) is 25.9. The SMILES string of the molecule is Cc1ccc(NC(=O)c2cccc(C(F)(F)F)c2)cc1NC(=O)N(C)c1cc(Nc2ccc(C(=O)N3CCN(C)CC3)cc2)ncn1. The summed E-state index contributed by atoms with van der Waals surface area (Å²) in [6.07, 6.45) is -3.27. The summed E-state index contributed by atoms with van der Waals surface area (Å²) < 4.78 is 39.3. The number of likely N-dealkylation sites (N-methyl/N-ethyl adjacent to an activating group) is 1. The average molecular weight is 647 g/mol. The van der Waals surface area contributed by atoms with Crippen molar-refractivity contribution < 1.29 is 27.6 Å². The van der Waals surface area contributed by atoms with E-state index < -0.39 is 23.7 Å². The molecule has 0 spiro atoms. The lowest BCUT2D eigenvalue weighted by Gasteiger charge is -2.32. The highest BCUT2D eigenvalue weighted by atomic mass is 19.4. The van der Waals surface area contributed by atoms with Crippen molar-refractivity contribution in [3.05, 3.63) is 101 Å². The summed E-state index contributed by atoms with van der Waals surface area (Å²) in [6, 6.07) is 17.0. The summed E-state index contributed by atoms with van der Waals surface area (Å²) >= 11 is 0. The fourth-order valence-electron chi connectivity index (χ4n) is 4.81. The zero-order chi connectivity index (χ0) is 33.7. The van der Waals surface area contributed by atoms with Gasteiger partial charge in [0.25, 0.3) is 11.8 Å². The van der Waals surface area contributed by atoms with Crippen LogP contribution in [0.25, 0.3) is 0 Å². The number of aromatic nitrogens is 2. The Labute approximate surface area is 269 Å². The lowest BCUT2D eigenvalue weighted by atomic mass is 10.1. The number of hydrogen-bond donors (Lipinski definition) is 3. The number of amides is 4. The van der Waals surface area contributed by atoms with Gasteiger partial charge in [-0.25, -0.2) is 14.8 Å². The number of benzene rings is 3. The first-order valence-electron chi connectivity index (χ1n) is 14.7. The summed E-state index contributed by atoms with van der Waals surface area (Å²) in [6.45, 7) is 4.80. The van der Waals surface area contributed by atoms with Crippen LogP contribution in [-0.2, 0) is 6.18 Å². The van der Waals surface area contributed by atoms with Crippen molar-refractivity contribution in [3.8, 4) is 0 Å². The summed E-state index contributed by atoms with van der Waals surface area (Å²) in [4.78, 5) is 52.4. The van der Waals surface area contributed by atoms with Gasteiger partial charge in [0, 0.05) is 67.5 Å². The van der Waals surface area contributed by atoms with E-state index in [4.69, 9.17) is 0 Å². The molecule has 0 aliphatic carbocycles. The third-order valence-corrected chi connectivity index (χ3v) is 7.68. The predicted octanol–water partition coefficient (Wildman–Crippen LogP) is 5.86. The van der Waals surface area contributed by atoms with Crippen LogP contribution < -0.4 is 20.9 Å². The Hall–Kier alpha value is -5.50. The standard InChI is InChI=1S/C33H33F3N8O3/c1-21-7-10-26(40-30(45)23-5-4-6-24(17-23)33(34,35)36)18-27(21)41-32(47)43(3)29-19-28(37-20-38-29)39-25-11-8-22(9-12-25)31(46)44-15-13-42(2)14-16-44/h4-12,17-20H,13-16H2,1-3H3,(H,40,45)(H,41,47)(H,37,38,39). The number of urea groups is 1. The van der Waals surface area contributed by atoms with Crippen molar-refractivity contribution >= 4 is 46.5 Å². The van der Waals surface area contributed by atoms with Crippen molar-refractivity contribution in [1.29, 1.82) is 0 Å². The number of nitrogens with zero attached hydrogens (tertiary/aromatic N) is 5.